The van der Waals surface area contributed by atoms with Gasteiger partial charge in [0, 0.05) is 10.7 Å². The molecular weight excluding hydrogens is 357 g/mol. The van der Waals surface area contributed by atoms with Gasteiger partial charge in [0.15, 0.2) is 10.8 Å². The lowest BCUT2D eigenvalue weighted by atomic mass is 10.4. The minimum absolute atomic E-state index is 0.582. The maximum Gasteiger partial charge on any atom is 0.573 e. The molecule has 0 aliphatic heterocycles. The SMILES string of the molecule is O=S(=O)(Cl)c1cc(Br)c(OC(F)(F)F)c(F)n1. The lowest BCUT2D eigenvalue weighted by Crippen LogP contribution is -2.19. The number of nitrogens with zero attached hydrogens (tertiary/aromatic N) is 1. The largest absolute Gasteiger partial charge is 0.573 e. The fourth-order valence-electron chi connectivity index (χ4n) is 0.784. The van der Waals surface area contributed by atoms with E-state index in [0.29, 0.717) is 6.07 Å². The van der Waals surface area contributed by atoms with Gasteiger partial charge in [0.2, 0.25) is 0 Å². The summed E-state index contributed by atoms with van der Waals surface area (Å²) in [4.78, 5) is 2.75. The van der Waals surface area contributed by atoms with Crippen LogP contribution in [0, 0.1) is 5.95 Å². The lowest BCUT2D eigenvalue weighted by Gasteiger charge is -2.11. The van der Waals surface area contributed by atoms with E-state index in [1.165, 1.54) is 0 Å². The van der Waals surface area contributed by atoms with Crippen molar-refractivity contribution in [2.24, 2.45) is 0 Å². The van der Waals surface area contributed by atoms with Crippen molar-refractivity contribution in [2.45, 2.75) is 11.4 Å². The Morgan fingerprint density at radius 2 is 1.94 bits per heavy atom. The zero-order valence-electron chi connectivity index (χ0n) is 7.43. The van der Waals surface area contributed by atoms with Crippen LogP contribution in [0.25, 0.3) is 0 Å². The molecule has 0 bridgehead atoms. The molecule has 1 aromatic rings. The second kappa shape index (κ2) is 4.58. The van der Waals surface area contributed by atoms with Gasteiger partial charge >= 0.3 is 6.36 Å². The Hall–Kier alpha value is -0.610. The fourth-order valence-corrected chi connectivity index (χ4v) is 2.08. The van der Waals surface area contributed by atoms with Crippen LogP contribution in [0.1, 0.15) is 0 Å². The average molecular weight is 358 g/mol. The van der Waals surface area contributed by atoms with E-state index >= 15 is 0 Å². The Kier molecular flexibility index (Phi) is 3.89. The van der Waals surface area contributed by atoms with E-state index in [4.69, 9.17) is 10.7 Å². The van der Waals surface area contributed by atoms with Crippen molar-refractivity contribution in [2.75, 3.05) is 0 Å². The van der Waals surface area contributed by atoms with Gasteiger partial charge in [-0.25, -0.2) is 13.4 Å². The highest BCUT2D eigenvalue weighted by molar-refractivity contribution is 9.10. The van der Waals surface area contributed by atoms with Crippen molar-refractivity contribution >= 4 is 35.7 Å². The zero-order chi connectivity index (χ0) is 13.4. The smallest absolute Gasteiger partial charge is 0.400 e. The van der Waals surface area contributed by atoms with E-state index in [1.807, 2.05) is 0 Å². The summed E-state index contributed by atoms with van der Waals surface area (Å²) in [6.07, 6.45) is -5.13. The molecule has 0 atom stereocenters. The van der Waals surface area contributed by atoms with Crippen LogP contribution in [0.5, 0.6) is 5.75 Å². The van der Waals surface area contributed by atoms with Crippen LogP contribution in [-0.4, -0.2) is 19.8 Å². The number of halogens is 6. The number of ether oxygens (including phenoxy) is 1. The van der Waals surface area contributed by atoms with E-state index in [0.717, 1.165) is 0 Å². The van der Waals surface area contributed by atoms with Crippen molar-refractivity contribution in [3.8, 4) is 5.75 Å². The normalized spacial score (nSPS) is 12.6. The molecular formula is C6HBrClF4NO3S. The van der Waals surface area contributed by atoms with E-state index in [-0.39, 0.29) is 0 Å². The highest BCUT2D eigenvalue weighted by Crippen LogP contribution is 2.33. The molecule has 0 amide bonds. The molecule has 0 fully saturated rings. The average Bonchev–Trinajstić information content (AvgIpc) is 2.07. The molecule has 0 saturated heterocycles. The topological polar surface area (TPSA) is 56.3 Å². The minimum Gasteiger partial charge on any atom is -0.400 e. The van der Waals surface area contributed by atoms with Crippen molar-refractivity contribution in [1.82, 2.24) is 4.98 Å². The summed E-state index contributed by atoms with van der Waals surface area (Å²) >= 11 is 2.51. The van der Waals surface area contributed by atoms with Crippen molar-refractivity contribution in [3.63, 3.8) is 0 Å². The van der Waals surface area contributed by atoms with E-state index in [1.54, 1.807) is 0 Å². The monoisotopic (exact) mass is 357 g/mol. The lowest BCUT2D eigenvalue weighted by molar-refractivity contribution is -0.276. The molecule has 96 valence electrons. The van der Waals surface area contributed by atoms with E-state index in [2.05, 4.69) is 25.7 Å². The number of rotatable bonds is 2. The summed E-state index contributed by atoms with van der Waals surface area (Å²) < 4.78 is 72.9. The number of hydrogen-bond donors (Lipinski definition) is 0. The Morgan fingerprint density at radius 1 is 1.41 bits per heavy atom. The molecule has 1 aromatic heterocycles. The van der Waals surface area contributed by atoms with Crippen LogP contribution >= 0.6 is 26.6 Å². The van der Waals surface area contributed by atoms with Crippen LogP contribution in [0.15, 0.2) is 15.6 Å². The van der Waals surface area contributed by atoms with E-state index in [9.17, 15) is 26.0 Å². The minimum atomic E-state index is -5.13. The first-order valence-corrected chi connectivity index (χ1v) is 6.67. The maximum atomic E-state index is 13.1. The van der Waals surface area contributed by atoms with Gasteiger partial charge in [0.1, 0.15) is 0 Å². The summed E-state index contributed by atoms with van der Waals surface area (Å²) in [6, 6.07) is 0.590. The van der Waals surface area contributed by atoms with Gasteiger partial charge < -0.3 is 4.74 Å². The number of hydrogen-bond acceptors (Lipinski definition) is 4. The molecule has 0 N–H and O–H groups in total. The van der Waals surface area contributed by atoms with Gasteiger partial charge in [0.05, 0.1) is 4.47 Å². The summed E-state index contributed by atoms with van der Waals surface area (Å²) in [5, 5.41) is -0.932. The third kappa shape index (κ3) is 3.96. The van der Waals surface area contributed by atoms with Crippen molar-refractivity contribution in [1.29, 1.82) is 0 Å². The first kappa shape index (κ1) is 14.5. The number of pyridine rings is 1. The molecule has 1 rings (SSSR count). The fraction of sp³-hybridized carbons (Fsp3) is 0.167. The molecule has 0 radical (unpaired) electrons. The van der Waals surface area contributed by atoms with Gasteiger partial charge in [-0.15, -0.1) is 13.2 Å². The quantitative estimate of drug-likeness (QED) is 0.463. The Labute approximate surface area is 105 Å². The highest BCUT2D eigenvalue weighted by Gasteiger charge is 2.34. The summed E-state index contributed by atoms with van der Waals surface area (Å²) in [5.74, 6) is -3.03. The molecule has 0 aliphatic rings. The molecule has 11 heteroatoms. The third-order valence-corrected chi connectivity index (χ3v) is 3.10. The summed E-state index contributed by atoms with van der Waals surface area (Å²) in [7, 11) is 0.493. The molecule has 17 heavy (non-hydrogen) atoms. The molecule has 0 unspecified atom stereocenters. The van der Waals surface area contributed by atoms with Crippen molar-refractivity contribution in [3.05, 3.63) is 16.5 Å². The second-order valence-corrected chi connectivity index (χ2v) is 5.92. The zero-order valence-corrected chi connectivity index (χ0v) is 10.6. The van der Waals surface area contributed by atoms with Crippen LogP contribution in [-0.2, 0) is 9.05 Å². The predicted molar refractivity (Wildman–Crippen MR) is 51.6 cm³/mol. The standard InChI is InChI=1S/C6HBrClF4NO3S/c7-2-1-3(17(8,14)15)13-5(9)4(2)16-6(10,11)12/h1H. The summed E-state index contributed by atoms with van der Waals surface area (Å²) in [5.41, 5.74) is 0. The summed E-state index contributed by atoms with van der Waals surface area (Å²) in [6.45, 7) is 0. The first-order valence-electron chi connectivity index (χ1n) is 3.57. The molecule has 0 aromatic carbocycles. The molecule has 4 nitrogen and oxygen atoms in total. The van der Waals surface area contributed by atoms with Crippen LogP contribution < -0.4 is 4.74 Å². The van der Waals surface area contributed by atoms with Gasteiger partial charge in [0.25, 0.3) is 15.0 Å². The maximum absolute atomic E-state index is 13.1. The highest BCUT2D eigenvalue weighted by atomic mass is 79.9. The van der Waals surface area contributed by atoms with Gasteiger partial charge in [-0.05, 0) is 22.0 Å². The number of aromatic nitrogens is 1. The first-order chi connectivity index (χ1) is 7.50. The molecule has 1 heterocycles. The molecule has 0 aliphatic carbocycles. The van der Waals surface area contributed by atoms with Crippen LogP contribution in [0.2, 0.25) is 0 Å². The van der Waals surface area contributed by atoms with Crippen LogP contribution in [0.3, 0.4) is 0 Å². The Bertz CT molecular complexity index is 524. The third-order valence-electron chi connectivity index (χ3n) is 1.33. The van der Waals surface area contributed by atoms with Gasteiger partial charge in [-0.1, -0.05) is 0 Å². The molecule has 0 saturated carbocycles. The van der Waals surface area contributed by atoms with Crippen LogP contribution in [0.4, 0.5) is 17.6 Å². The van der Waals surface area contributed by atoms with Gasteiger partial charge in [-0.3, -0.25) is 0 Å². The van der Waals surface area contributed by atoms with Crippen molar-refractivity contribution < 1.29 is 30.7 Å². The second-order valence-electron chi connectivity index (χ2n) is 2.55. The number of alkyl halides is 3. The Morgan fingerprint density at radius 3 is 2.29 bits per heavy atom. The van der Waals surface area contributed by atoms with Gasteiger partial charge in [-0.2, -0.15) is 4.39 Å². The predicted octanol–water partition coefficient (Wildman–Crippen LogP) is 2.81. The molecule has 0 spiro atoms. The Balaban J connectivity index is 3.30. The van der Waals surface area contributed by atoms with E-state index < -0.39 is 36.6 Å².